The van der Waals surface area contributed by atoms with Crippen molar-refractivity contribution in [3.05, 3.63) is 57.6 Å². The molecule has 0 unspecified atom stereocenters. The van der Waals surface area contributed by atoms with E-state index in [1.54, 1.807) is 6.08 Å². The quantitative estimate of drug-likeness (QED) is 0.720. The summed E-state index contributed by atoms with van der Waals surface area (Å²) in [5, 5.41) is 9.30. The zero-order valence-electron chi connectivity index (χ0n) is 10.8. The number of rotatable bonds is 1. The fraction of sp³-hybridized carbons (Fsp3) is 0.353. The van der Waals surface area contributed by atoms with Crippen LogP contribution in [0.3, 0.4) is 0 Å². The molecule has 0 aromatic carbocycles. The van der Waals surface area contributed by atoms with Gasteiger partial charge in [0.15, 0.2) is 0 Å². The van der Waals surface area contributed by atoms with Crippen LogP contribution in [0.2, 0.25) is 0 Å². The van der Waals surface area contributed by atoms with Crippen molar-refractivity contribution < 1.29 is 9.90 Å². The Morgan fingerprint density at radius 3 is 2.21 bits per heavy atom. The zero-order chi connectivity index (χ0) is 13.2. The van der Waals surface area contributed by atoms with Gasteiger partial charge in [-0.1, -0.05) is 34.8 Å². The molecule has 2 heteroatoms. The fourth-order valence-electron chi connectivity index (χ4n) is 2.76. The van der Waals surface area contributed by atoms with Crippen LogP contribution in [0.4, 0.5) is 0 Å². The number of aliphatic carboxylic acids is 1. The second kappa shape index (κ2) is 4.93. The Labute approximate surface area is 112 Å². The van der Waals surface area contributed by atoms with Crippen molar-refractivity contribution in [3.8, 4) is 0 Å². The first-order valence-electron chi connectivity index (χ1n) is 6.79. The lowest BCUT2D eigenvalue weighted by Gasteiger charge is -2.18. The van der Waals surface area contributed by atoms with E-state index in [9.17, 15) is 9.90 Å². The maximum atomic E-state index is 11.3. The molecule has 2 nitrogen and oxygen atoms in total. The van der Waals surface area contributed by atoms with Crippen LogP contribution in [0.25, 0.3) is 0 Å². The van der Waals surface area contributed by atoms with E-state index >= 15 is 0 Å². The van der Waals surface area contributed by atoms with Gasteiger partial charge in [0, 0.05) is 11.1 Å². The van der Waals surface area contributed by atoms with Gasteiger partial charge in [-0.05, 0) is 44.6 Å². The first-order valence-corrected chi connectivity index (χ1v) is 6.79. The third-order valence-electron chi connectivity index (χ3n) is 3.98. The van der Waals surface area contributed by atoms with Crippen molar-refractivity contribution in [1.82, 2.24) is 0 Å². The molecule has 0 aromatic heterocycles. The average Bonchev–Trinajstić information content (AvgIpc) is 2.41. The van der Waals surface area contributed by atoms with Gasteiger partial charge in [0.25, 0.3) is 0 Å². The summed E-state index contributed by atoms with van der Waals surface area (Å²) in [6, 6.07) is 0. The highest BCUT2D eigenvalue weighted by atomic mass is 16.4. The summed E-state index contributed by atoms with van der Waals surface area (Å²) in [5.74, 6) is -0.850. The summed E-state index contributed by atoms with van der Waals surface area (Å²) in [6.45, 7) is 0. The van der Waals surface area contributed by atoms with Crippen molar-refractivity contribution in [2.75, 3.05) is 0 Å². The van der Waals surface area contributed by atoms with E-state index < -0.39 is 5.97 Å². The molecule has 0 aromatic rings. The van der Waals surface area contributed by atoms with Crippen LogP contribution < -0.4 is 0 Å². The molecule has 0 heterocycles. The number of hydrogen-bond acceptors (Lipinski definition) is 1. The minimum atomic E-state index is -0.850. The summed E-state index contributed by atoms with van der Waals surface area (Å²) in [4.78, 5) is 11.3. The fourth-order valence-corrected chi connectivity index (χ4v) is 2.76. The molecule has 1 N–H and O–H groups in total. The molecular weight excluding hydrogens is 236 g/mol. The molecule has 0 aliphatic heterocycles. The lowest BCUT2D eigenvalue weighted by molar-refractivity contribution is -0.132. The highest BCUT2D eigenvalue weighted by molar-refractivity contribution is 5.92. The van der Waals surface area contributed by atoms with Crippen LogP contribution in [0.5, 0.6) is 0 Å². The molecule has 4 bridgehead atoms. The van der Waals surface area contributed by atoms with Gasteiger partial charge in [-0.3, -0.25) is 0 Å². The summed E-state index contributed by atoms with van der Waals surface area (Å²) in [6.07, 6.45) is 12.0. The molecule has 0 atom stereocenters. The molecule has 96 valence electrons. The highest BCUT2D eigenvalue weighted by Gasteiger charge is 2.18. The van der Waals surface area contributed by atoms with E-state index in [1.165, 1.54) is 11.1 Å². The van der Waals surface area contributed by atoms with Crippen LogP contribution in [0.15, 0.2) is 57.6 Å². The van der Waals surface area contributed by atoms with Crippen LogP contribution in [-0.4, -0.2) is 11.1 Å². The number of hydrogen-bond donors (Lipinski definition) is 1. The van der Waals surface area contributed by atoms with E-state index in [0.717, 1.165) is 49.7 Å². The molecule has 0 spiro atoms. The molecule has 0 radical (unpaired) electrons. The van der Waals surface area contributed by atoms with Crippen molar-refractivity contribution in [2.45, 2.75) is 38.5 Å². The van der Waals surface area contributed by atoms with E-state index in [0.29, 0.717) is 5.57 Å². The van der Waals surface area contributed by atoms with Crippen LogP contribution >= 0.6 is 0 Å². The second-order valence-electron chi connectivity index (χ2n) is 5.27. The van der Waals surface area contributed by atoms with Gasteiger partial charge >= 0.3 is 5.97 Å². The summed E-state index contributed by atoms with van der Waals surface area (Å²) in [7, 11) is 0. The third kappa shape index (κ3) is 2.56. The first kappa shape index (κ1) is 12.0. The van der Waals surface area contributed by atoms with E-state index in [1.807, 2.05) is 0 Å². The van der Waals surface area contributed by atoms with Gasteiger partial charge < -0.3 is 5.11 Å². The Morgan fingerprint density at radius 1 is 0.947 bits per heavy atom. The molecule has 0 saturated carbocycles. The topological polar surface area (TPSA) is 37.3 Å². The van der Waals surface area contributed by atoms with Crippen molar-refractivity contribution in [3.63, 3.8) is 0 Å². The molecular formula is C17H16O2. The molecule has 0 amide bonds. The lowest BCUT2D eigenvalue weighted by Crippen LogP contribution is -2.07. The SMILES string of the molecule is O=C(O)C1=CC2=C=C=C1CCC1=CC=C(CC2)CC1. The van der Waals surface area contributed by atoms with Crippen molar-refractivity contribution in [2.24, 2.45) is 0 Å². The predicted molar refractivity (Wildman–Crippen MR) is 73.6 cm³/mol. The first-order chi connectivity index (χ1) is 9.22. The molecule has 19 heavy (non-hydrogen) atoms. The van der Waals surface area contributed by atoms with Crippen LogP contribution in [0.1, 0.15) is 38.5 Å². The maximum Gasteiger partial charge on any atom is 0.336 e. The molecule has 6 rings (SSSR count). The van der Waals surface area contributed by atoms with E-state index in [4.69, 9.17) is 0 Å². The minimum absolute atomic E-state index is 0.403. The predicted octanol–water partition coefficient (Wildman–Crippen LogP) is 3.84. The summed E-state index contributed by atoms with van der Waals surface area (Å²) < 4.78 is 0. The second-order valence-corrected chi connectivity index (χ2v) is 5.27. The normalized spacial score (nSPS) is 21.6. The Hall–Kier alpha value is -2.01. The number of carboxylic acid groups (broad SMARTS) is 1. The van der Waals surface area contributed by atoms with Gasteiger partial charge in [0.1, 0.15) is 0 Å². The maximum absolute atomic E-state index is 11.3. The van der Waals surface area contributed by atoms with Crippen LogP contribution in [-0.2, 0) is 4.79 Å². The largest absolute Gasteiger partial charge is 0.478 e. The van der Waals surface area contributed by atoms with Gasteiger partial charge in [0.05, 0.1) is 5.57 Å². The average molecular weight is 252 g/mol. The monoisotopic (exact) mass is 252 g/mol. The molecule has 6 aliphatic carbocycles. The Kier molecular flexibility index (Phi) is 3.13. The molecule has 0 saturated heterocycles. The van der Waals surface area contributed by atoms with E-state index in [-0.39, 0.29) is 0 Å². The number of allylic oxidation sites excluding steroid dienone is 6. The van der Waals surface area contributed by atoms with Crippen molar-refractivity contribution in [1.29, 1.82) is 0 Å². The standard InChI is InChI=1S/C17H16O2/c18-17(19)16-11-14-6-5-12-1-3-13(4-2-12)7-9-15(16)10-8-14/h1,3,11H,2,4-7,9H2,(H,18,19). The summed E-state index contributed by atoms with van der Waals surface area (Å²) in [5.41, 5.74) is 11.2. The van der Waals surface area contributed by atoms with Gasteiger partial charge in [-0.25, -0.2) is 4.79 Å². The Morgan fingerprint density at radius 2 is 1.58 bits per heavy atom. The highest BCUT2D eigenvalue weighted by Crippen LogP contribution is 2.31. The lowest BCUT2D eigenvalue weighted by atomic mass is 9.87. The van der Waals surface area contributed by atoms with Crippen molar-refractivity contribution >= 4 is 5.97 Å². The smallest absolute Gasteiger partial charge is 0.336 e. The third-order valence-corrected chi connectivity index (χ3v) is 3.98. The Balaban J connectivity index is 1.99. The number of carbonyl (C=O) groups is 1. The molecule has 0 fully saturated rings. The zero-order valence-corrected chi connectivity index (χ0v) is 10.8. The Bertz CT molecular complexity index is 628. The van der Waals surface area contributed by atoms with Gasteiger partial charge in [-0.15, -0.1) is 0 Å². The van der Waals surface area contributed by atoms with Crippen LogP contribution in [0, 0.1) is 0 Å². The van der Waals surface area contributed by atoms with Gasteiger partial charge in [0.2, 0.25) is 0 Å². The van der Waals surface area contributed by atoms with E-state index in [2.05, 4.69) is 23.6 Å². The number of carboxylic acids is 1. The minimum Gasteiger partial charge on any atom is -0.478 e. The van der Waals surface area contributed by atoms with Gasteiger partial charge in [-0.2, -0.15) is 0 Å². The summed E-state index contributed by atoms with van der Waals surface area (Å²) >= 11 is 0. The molecule has 6 aliphatic rings.